The van der Waals surface area contributed by atoms with Crippen LogP contribution in [0.2, 0.25) is 0 Å². The van der Waals surface area contributed by atoms with Crippen molar-refractivity contribution in [1.82, 2.24) is 4.98 Å². The Kier molecular flexibility index (Phi) is 6.33. The molecular weight excluding hydrogens is 164 g/mol. The van der Waals surface area contributed by atoms with Crippen molar-refractivity contribution in [1.29, 1.82) is 0 Å². The number of halogens is 1. The van der Waals surface area contributed by atoms with Crippen molar-refractivity contribution in [3.63, 3.8) is 0 Å². The van der Waals surface area contributed by atoms with Crippen molar-refractivity contribution >= 4 is 17.8 Å². The minimum Gasteiger partial charge on any atom is -0.411 e. The summed E-state index contributed by atoms with van der Waals surface area (Å²) >= 11 is 4.64. The van der Waals surface area contributed by atoms with Crippen molar-refractivity contribution in [2.75, 3.05) is 6.38 Å². The fourth-order valence-electron chi connectivity index (χ4n) is 0.511. The Balaban J connectivity index is 0.000000461. The maximum absolute atomic E-state index is 8.05. The first-order valence-corrected chi connectivity index (χ1v) is 3.65. The number of alkyl halides is 1. The van der Waals surface area contributed by atoms with E-state index in [1.54, 1.807) is 18.3 Å². The molecule has 1 aromatic rings. The van der Waals surface area contributed by atoms with Crippen molar-refractivity contribution < 1.29 is 5.21 Å². The number of hydrogen-bond donors (Lipinski definition) is 1. The molecule has 4 heteroatoms. The minimum atomic E-state index is 0.653. The van der Waals surface area contributed by atoms with E-state index in [9.17, 15) is 0 Å². The topological polar surface area (TPSA) is 45.5 Å². The molecule has 1 aromatic heterocycles. The van der Waals surface area contributed by atoms with Gasteiger partial charge in [-0.15, -0.1) is 11.6 Å². The summed E-state index contributed by atoms with van der Waals surface area (Å²) in [4.78, 5) is 3.86. The number of nitrogens with zero attached hydrogens (tertiary/aromatic N) is 2. The molecule has 1 rings (SSSR count). The van der Waals surface area contributed by atoms with Gasteiger partial charge in [0.2, 0.25) is 0 Å². The van der Waals surface area contributed by atoms with Crippen molar-refractivity contribution in [3.8, 4) is 0 Å². The highest BCUT2D eigenvalue weighted by Crippen LogP contribution is 1.86. The van der Waals surface area contributed by atoms with Gasteiger partial charge in [-0.2, -0.15) is 0 Å². The molecule has 0 aliphatic carbocycles. The lowest BCUT2D eigenvalue weighted by Gasteiger charge is -1.84. The summed E-state index contributed by atoms with van der Waals surface area (Å²) in [5, 5.41) is 10.9. The summed E-state index contributed by atoms with van der Waals surface area (Å²) in [5.74, 6) is 0. The Morgan fingerprint density at radius 1 is 1.55 bits per heavy atom. The van der Waals surface area contributed by atoms with Crippen LogP contribution in [0.5, 0.6) is 0 Å². The molecular formula is C7H9ClN2O. The minimum absolute atomic E-state index is 0.653. The van der Waals surface area contributed by atoms with Crippen LogP contribution in [0.4, 0.5) is 0 Å². The predicted molar refractivity (Wildman–Crippen MR) is 45.4 cm³/mol. The molecule has 0 aromatic carbocycles. The monoisotopic (exact) mass is 172 g/mol. The summed E-state index contributed by atoms with van der Waals surface area (Å²) < 4.78 is 0. The van der Waals surface area contributed by atoms with Gasteiger partial charge in [0.05, 0.1) is 11.9 Å². The molecule has 0 bridgehead atoms. The van der Waals surface area contributed by atoms with E-state index in [-0.39, 0.29) is 0 Å². The number of hydrogen-bond acceptors (Lipinski definition) is 3. The Bertz CT molecular complexity index is 201. The molecule has 1 heterocycles. The first-order valence-electron chi connectivity index (χ1n) is 2.90. The predicted octanol–water partition coefficient (Wildman–Crippen LogP) is 1.74. The molecule has 0 spiro atoms. The largest absolute Gasteiger partial charge is 0.411 e. The van der Waals surface area contributed by atoms with Crippen molar-refractivity contribution in [3.05, 3.63) is 30.1 Å². The average Bonchev–Trinajstić information content (AvgIpc) is 2.11. The molecule has 0 saturated heterocycles. The normalized spacial score (nSPS) is 8.91. The van der Waals surface area contributed by atoms with Crippen LogP contribution < -0.4 is 0 Å². The lowest BCUT2D eigenvalue weighted by atomic mass is 10.4. The molecule has 0 unspecified atom stereocenters. The van der Waals surface area contributed by atoms with Gasteiger partial charge in [0, 0.05) is 12.6 Å². The van der Waals surface area contributed by atoms with Gasteiger partial charge in [0.15, 0.2) is 0 Å². The van der Waals surface area contributed by atoms with Crippen LogP contribution in [-0.4, -0.2) is 22.8 Å². The third-order valence-corrected chi connectivity index (χ3v) is 0.878. The highest BCUT2D eigenvalue weighted by atomic mass is 35.5. The zero-order valence-corrected chi connectivity index (χ0v) is 6.86. The lowest BCUT2D eigenvalue weighted by molar-refractivity contribution is 0.321. The molecule has 11 heavy (non-hydrogen) atoms. The van der Waals surface area contributed by atoms with Gasteiger partial charge in [-0.25, -0.2) is 0 Å². The van der Waals surface area contributed by atoms with Crippen LogP contribution in [0.15, 0.2) is 29.6 Å². The Hall–Kier alpha value is -1.09. The molecule has 0 amide bonds. The maximum Gasteiger partial charge on any atom is 0.0918 e. The Morgan fingerprint density at radius 2 is 2.27 bits per heavy atom. The summed E-state index contributed by atoms with van der Waals surface area (Å²) in [6.45, 7) is 0. The second kappa shape index (κ2) is 7.02. The van der Waals surface area contributed by atoms with Gasteiger partial charge in [-0.05, 0) is 12.1 Å². The van der Waals surface area contributed by atoms with Crippen LogP contribution >= 0.6 is 11.6 Å². The average molecular weight is 173 g/mol. The zero-order valence-electron chi connectivity index (χ0n) is 6.11. The van der Waals surface area contributed by atoms with Gasteiger partial charge in [0.1, 0.15) is 0 Å². The quantitative estimate of drug-likeness (QED) is 0.304. The molecule has 0 saturated carbocycles. The molecule has 0 aliphatic heterocycles. The number of aromatic nitrogens is 1. The Morgan fingerprint density at radius 3 is 2.73 bits per heavy atom. The standard InChI is InChI=1S/C6H6N2O.CH3Cl/c9-8-5-6-3-1-2-4-7-6;1-2/h1-5,9H;1H3/b8-5+;. The molecule has 0 fully saturated rings. The number of pyridine rings is 1. The van der Waals surface area contributed by atoms with Gasteiger partial charge < -0.3 is 5.21 Å². The van der Waals surface area contributed by atoms with E-state index in [0.717, 1.165) is 0 Å². The van der Waals surface area contributed by atoms with Crippen molar-refractivity contribution in [2.24, 2.45) is 5.16 Å². The van der Waals surface area contributed by atoms with E-state index in [1.807, 2.05) is 6.07 Å². The second-order valence-electron chi connectivity index (χ2n) is 1.50. The van der Waals surface area contributed by atoms with Gasteiger partial charge in [-0.1, -0.05) is 11.2 Å². The molecule has 60 valence electrons. The third kappa shape index (κ3) is 4.33. The van der Waals surface area contributed by atoms with E-state index in [0.29, 0.717) is 5.69 Å². The maximum atomic E-state index is 8.05. The van der Waals surface area contributed by atoms with E-state index >= 15 is 0 Å². The summed E-state index contributed by atoms with van der Waals surface area (Å²) in [6.07, 6.45) is 4.39. The Labute approximate surface area is 70.3 Å². The second-order valence-corrected chi connectivity index (χ2v) is 1.50. The SMILES string of the molecule is CCl.O/N=C/c1ccccn1. The summed E-state index contributed by atoms with van der Waals surface area (Å²) in [5.41, 5.74) is 0.653. The zero-order chi connectivity index (χ0) is 8.53. The van der Waals surface area contributed by atoms with Crippen LogP contribution in [0.25, 0.3) is 0 Å². The first kappa shape index (κ1) is 9.91. The van der Waals surface area contributed by atoms with Crippen LogP contribution in [0.1, 0.15) is 5.69 Å². The summed E-state index contributed by atoms with van der Waals surface area (Å²) in [6, 6.07) is 5.37. The molecule has 0 aliphatic rings. The lowest BCUT2D eigenvalue weighted by Crippen LogP contribution is -1.83. The fourth-order valence-corrected chi connectivity index (χ4v) is 0.511. The summed E-state index contributed by atoms with van der Waals surface area (Å²) in [7, 11) is 0. The molecule has 0 radical (unpaired) electrons. The molecule has 1 N–H and O–H groups in total. The molecule has 0 atom stereocenters. The van der Waals surface area contributed by atoms with Crippen LogP contribution in [0, 0.1) is 0 Å². The number of rotatable bonds is 1. The van der Waals surface area contributed by atoms with E-state index in [2.05, 4.69) is 21.7 Å². The first-order chi connectivity index (χ1) is 5.43. The van der Waals surface area contributed by atoms with Crippen LogP contribution in [-0.2, 0) is 0 Å². The fraction of sp³-hybridized carbons (Fsp3) is 0.143. The van der Waals surface area contributed by atoms with Gasteiger partial charge in [-0.3, -0.25) is 4.98 Å². The van der Waals surface area contributed by atoms with Gasteiger partial charge in [0.25, 0.3) is 0 Å². The van der Waals surface area contributed by atoms with E-state index in [4.69, 9.17) is 5.21 Å². The highest BCUT2D eigenvalue weighted by Gasteiger charge is 1.81. The van der Waals surface area contributed by atoms with Crippen LogP contribution in [0.3, 0.4) is 0 Å². The van der Waals surface area contributed by atoms with E-state index in [1.165, 1.54) is 12.6 Å². The van der Waals surface area contributed by atoms with Crippen molar-refractivity contribution in [2.45, 2.75) is 0 Å². The smallest absolute Gasteiger partial charge is 0.0918 e. The van der Waals surface area contributed by atoms with Gasteiger partial charge >= 0.3 is 0 Å². The third-order valence-electron chi connectivity index (χ3n) is 0.878. The number of oxime groups is 1. The van der Waals surface area contributed by atoms with E-state index < -0.39 is 0 Å². The molecule has 3 nitrogen and oxygen atoms in total. The highest BCUT2D eigenvalue weighted by molar-refractivity contribution is 6.15.